The van der Waals surface area contributed by atoms with Crippen molar-refractivity contribution >= 4 is 21.7 Å². The number of hydrogen-bond donors (Lipinski definition) is 1. The van der Waals surface area contributed by atoms with E-state index in [9.17, 15) is 8.42 Å². The van der Waals surface area contributed by atoms with Crippen molar-refractivity contribution in [2.45, 2.75) is 24.7 Å². The molecule has 0 radical (unpaired) electrons. The quantitative estimate of drug-likeness (QED) is 0.712. The molecule has 0 bridgehead atoms. The lowest BCUT2D eigenvalue weighted by Crippen LogP contribution is -2.19. The molecule has 0 aliphatic heterocycles. The largest absolute Gasteiger partial charge is 0.240 e. The van der Waals surface area contributed by atoms with Gasteiger partial charge in [0.05, 0.1) is 4.90 Å². The van der Waals surface area contributed by atoms with E-state index >= 15 is 0 Å². The molecule has 0 aromatic heterocycles. The molecular weight excluding hydrogens is 366 g/mol. The second-order valence-electron chi connectivity index (χ2n) is 7.12. The van der Waals surface area contributed by atoms with Crippen LogP contribution >= 0.6 is 0 Å². The lowest BCUT2D eigenvalue weighted by atomic mass is 9.92. The van der Waals surface area contributed by atoms with Gasteiger partial charge in [-0.1, -0.05) is 60.7 Å². The number of benzene rings is 3. The summed E-state index contributed by atoms with van der Waals surface area (Å²) in [7, 11) is -2.11. The van der Waals surface area contributed by atoms with Crippen LogP contribution in [-0.2, 0) is 22.9 Å². The van der Waals surface area contributed by atoms with Crippen LogP contribution in [0.1, 0.15) is 33.4 Å². The topological polar surface area (TPSA) is 46.2 Å². The molecular formula is C24H23NO2S. The van der Waals surface area contributed by atoms with Gasteiger partial charge in [0, 0.05) is 0 Å². The van der Waals surface area contributed by atoms with Crippen LogP contribution in [0.2, 0.25) is 0 Å². The zero-order chi connectivity index (χ0) is 19.7. The third kappa shape index (κ3) is 3.41. The van der Waals surface area contributed by atoms with Crippen LogP contribution in [0.4, 0.5) is 0 Å². The molecule has 4 heteroatoms. The molecule has 28 heavy (non-hydrogen) atoms. The molecule has 1 N–H and O–H groups in total. The Morgan fingerprint density at radius 2 is 1.43 bits per heavy atom. The van der Waals surface area contributed by atoms with E-state index in [4.69, 9.17) is 0 Å². The molecule has 0 amide bonds. The van der Waals surface area contributed by atoms with Crippen LogP contribution in [0.15, 0.2) is 71.6 Å². The molecule has 3 aromatic rings. The van der Waals surface area contributed by atoms with E-state index in [2.05, 4.69) is 41.1 Å². The van der Waals surface area contributed by atoms with E-state index in [1.54, 1.807) is 6.07 Å². The first-order valence-electron chi connectivity index (χ1n) is 9.42. The first-order chi connectivity index (χ1) is 13.5. The zero-order valence-corrected chi connectivity index (χ0v) is 16.9. The van der Waals surface area contributed by atoms with Crippen molar-refractivity contribution in [3.8, 4) is 0 Å². The summed E-state index contributed by atoms with van der Waals surface area (Å²) in [6, 6.07) is 22.4. The molecule has 3 aromatic carbocycles. The zero-order valence-electron chi connectivity index (χ0n) is 16.1. The van der Waals surface area contributed by atoms with Gasteiger partial charge in [-0.2, -0.15) is 0 Å². The van der Waals surface area contributed by atoms with Crippen LogP contribution in [-0.4, -0.2) is 15.5 Å². The maximum atomic E-state index is 12.6. The van der Waals surface area contributed by atoms with Crippen molar-refractivity contribution in [1.82, 2.24) is 4.72 Å². The minimum atomic E-state index is -3.56. The fourth-order valence-electron chi connectivity index (χ4n) is 3.83. The third-order valence-electron chi connectivity index (χ3n) is 5.31. The Balaban J connectivity index is 2.01. The summed E-state index contributed by atoms with van der Waals surface area (Å²) in [5, 5.41) is 0. The van der Waals surface area contributed by atoms with Crippen molar-refractivity contribution in [3.63, 3.8) is 0 Å². The third-order valence-corrected chi connectivity index (χ3v) is 6.78. The van der Waals surface area contributed by atoms with E-state index in [1.165, 1.54) is 29.3 Å². The Kier molecular flexibility index (Phi) is 4.92. The van der Waals surface area contributed by atoms with Crippen molar-refractivity contribution in [3.05, 3.63) is 100 Å². The highest BCUT2D eigenvalue weighted by atomic mass is 32.2. The molecule has 3 nitrogen and oxygen atoms in total. The summed E-state index contributed by atoms with van der Waals surface area (Å²) in [5.41, 5.74) is 7.59. The number of nitrogens with one attached hydrogen (secondary N) is 1. The number of aryl methyl sites for hydroxylation is 3. The van der Waals surface area contributed by atoms with Gasteiger partial charge >= 0.3 is 0 Å². The predicted octanol–water partition coefficient (Wildman–Crippen LogP) is 4.59. The highest BCUT2D eigenvalue weighted by Gasteiger charge is 2.20. The molecule has 1 aliphatic carbocycles. The molecule has 142 valence electrons. The lowest BCUT2D eigenvalue weighted by molar-refractivity contribution is 0.588. The minimum Gasteiger partial charge on any atom is -0.214 e. The minimum absolute atomic E-state index is 0.307. The normalized spacial score (nSPS) is 13.4. The molecule has 0 fully saturated rings. The number of rotatable bonds is 3. The SMILES string of the molecule is CNS(=O)(=O)c1cc(C)ccc1C=C1c2ccccc2CCc2ccccc21. The van der Waals surface area contributed by atoms with Gasteiger partial charge in [-0.05, 0) is 77.9 Å². The van der Waals surface area contributed by atoms with Crippen LogP contribution < -0.4 is 4.72 Å². The summed E-state index contributed by atoms with van der Waals surface area (Å²) in [5.74, 6) is 0. The Hall–Kier alpha value is -2.69. The fourth-order valence-corrected chi connectivity index (χ4v) is 4.83. The molecule has 0 spiro atoms. The van der Waals surface area contributed by atoms with Crippen molar-refractivity contribution in [1.29, 1.82) is 0 Å². The van der Waals surface area contributed by atoms with Crippen LogP contribution in [0.5, 0.6) is 0 Å². The van der Waals surface area contributed by atoms with Gasteiger partial charge in [-0.3, -0.25) is 0 Å². The average molecular weight is 390 g/mol. The first-order valence-corrected chi connectivity index (χ1v) is 10.9. The smallest absolute Gasteiger partial charge is 0.214 e. The summed E-state index contributed by atoms with van der Waals surface area (Å²) in [4.78, 5) is 0.307. The lowest BCUT2D eigenvalue weighted by Gasteiger charge is -2.14. The predicted molar refractivity (Wildman–Crippen MR) is 115 cm³/mol. The second kappa shape index (κ2) is 7.38. The highest BCUT2D eigenvalue weighted by Crippen LogP contribution is 2.35. The number of sulfonamides is 1. The fraction of sp³-hybridized carbons (Fsp3) is 0.167. The van der Waals surface area contributed by atoms with Gasteiger partial charge in [-0.25, -0.2) is 13.1 Å². The average Bonchev–Trinajstić information content (AvgIpc) is 2.87. The van der Waals surface area contributed by atoms with Gasteiger partial charge < -0.3 is 0 Å². The summed E-state index contributed by atoms with van der Waals surface area (Å²) in [6.45, 7) is 1.90. The van der Waals surface area contributed by atoms with E-state index in [0.29, 0.717) is 10.5 Å². The molecule has 4 rings (SSSR count). The summed E-state index contributed by atoms with van der Waals surface area (Å²) >= 11 is 0. The summed E-state index contributed by atoms with van der Waals surface area (Å²) in [6.07, 6.45) is 3.97. The van der Waals surface area contributed by atoms with Crippen LogP contribution in [0.3, 0.4) is 0 Å². The van der Waals surface area contributed by atoms with E-state index in [1.807, 2.05) is 37.3 Å². The maximum absolute atomic E-state index is 12.6. The van der Waals surface area contributed by atoms with Gasteiger partial charge in [0.25, 0.3) is 0 Å². The Labute approximate surface area is 166 Å². The maximum Gasteiger partial charge on any atom is 0.240 e. The Morgan fingerprint density at radius 3 is 2.00 bits per heavy atom. The van der Waals surface area contributed by atoms with Gasteiger partial charge in [0.1, 0.15) is 0 Å². The number of fused-ring (bicyclic) bond motifs is 2. The van der Waals surface area contributed by atoms with Crippen LogP contribution in [0, 0.1) is 6.92 Å². The first kappa shape index (κ1) is 18.7. The molecule has 0 saturated carbocycles. The summed E-state index contributed by atoms with van der Waals surface area (Å²) < 4.78 is 27.7. The van der Waals surface area contributed by atoms with Gasteiger partial charge in [-0.15, -0.1) is 0 Å². The van der Waals surface area contributed by atoms with Crippen molar-refractivity contribution < 1.29 is 8.42 Å². The Morgan fingerprint density at radius 1 is 0.857 bits per heavy atom. The van der Waals surface area contributed by atoms with Crippen molar-refractivity contribution in [2.24, 2.45) is 0 Å². The van der Waals surface area contributed by atoms with E-state index in [0.717, 1.165) is 24.0 Å². The van der Waals surface area contributed by atoms with Crippen LogP contribution in [0.25, 0.3) is 11.6 Å². The molecule has 0 unspecified atom stereocenters. The van der Waals surface area contributed by atoms with E-state index < -0.39 is 10.0 Å². The molecule has 0 saturated heterocycles. The standard InChI is InChI=1S/C24H23NO2S/c1-17-11-12-20(24(15-17)28(26,27)25-2)16-23-21-9-5-3-7-18(21)13-14-19-8-4-6-10-22(19)23/h3-12,15-16,25H,13-14H2,1-2H3. The van der Waals surface area contributed by atoms with Gasteiger partial charge in [0.15, 0.2) is 0 Å². The molecule has 1 aliphatic rings. The molecule has 0 heterocycles. The monoisotopic (exact) mass is 389 g/mol. The molecule has 0 atom stereocenters. The number of hydrogen-bond acceptors (Lipinski definition) is 2. The van der Waals surface area contributed by atoms with Crippen molar-refractivity contribution in [2.75, 3.05) is 7.05 Å². The highest BCUT2D eigenvalue weighted by molar-refractivity contribution is 7.89. The van der Waals surface area contributed by atoms with E-state index in [-0.39, 0.29) is 0 Å². The van der Waals surface area contributed by atoms with Gasteiger partial charge in [0.2, 0.25) is 10.0 Å². The second-order valence-corrected chi connectivity index (χ2v) is 8.98. The Bertz CT molecular complexity index is 1130.